The summed E-state index contributed by atoms with van der Waals surface area (Å²) < 4.78 is 0. The van der Waals surface area contributed by atoms with Crippen LogP contribution in [0.2, 0.25) is 0 Å². The summed E-state index contributed by atoms with van der Waals surface area (Å²) in [4.78, 5) is 14.9. The number of nitro benzene ring substituents is 1. The minimum absolute atomic E-state index is 0.0598. The van der Waals surface area contributed by atoms with Crippen molar-refractivity contribution < 1.29 is 4.92 Å². The predicted molar refractivity (Wildman–Crippen MR) is 87.0 cm³/mol. The van der Waals surface area contributed by atoms with Crippen LogP contribution in [0.15, 0.2) is 30.5 Å². The van der Waals surface area contributed by atoms with Gasteiger partial charge in [-0.3, -0.25) is 10.1 Å². The Bertz CT molecular complexity index is 677. The molecule has 2 aromatic rings. The Morgan fingerprint density at radius 2 is 2.24 bits per heavy atom. The molecule has 1 aliphatic rings. The molecule has 1 aromatic heterocycles. The number of hydrogen-bond donors (Lipinski definition) is 1. The van der Waals surface area contributed by atoms with E-state index < -0.39 is 0 Å². The van der Waals surface area contributed by atoms with Crippen molar-refractivity contribution in [2.45, 2.75) is 30.6 Å². The van der Waals surface area contributed by atoms with E-state index in [9.17, 15) is 10.1 Å². The minimum Gasteiger partial charge on any atom is -0.382 e. The Morgan fingerprint density at radius 1 is 1.38 bits per heavy atom. The second-order valence-corrected chi connectivity index (χ2v) is 6.44. The normalized spacial score (nSPS) is 21.6. The van der Waals surface area contributed by atoms with E-state index in [1.807, 2.05) is 23.9 Å². The molecular formula is C15H17N3O2S. The van der Waals surface area contributed by atoms with Crippen molar-refractivity contribution in [3.05, 3.63) is 40.6 Å². The summed E-state index contributed by atoms with van der Waals surface area (Å²) in [7, 11) is 0. The maximum Gasteiger partial charge on any atom is 0.295 e. The average molecular weight is 303 g/mol. The zero-order chi connectivity index (χ0) is 14.8. The number of hydrogen-bond acceptors (Lipinski definition) is 5. The molecule has 0 bridgehead atoms. The second kappa shape index (κ2) is 5.89. The molecule has 0 spiro atoms. The van der Waals surface area contributed by atoms with Crippen LogP contribution < -0.4 is 5.32 Å². The van der Waals surface area contributed by atoms with Crippen LogP contribution in [0, 0.1) is 10.1 Å². The molecular weight excluding hydrogens is 286 g/mol. The van der Waals surface area contributed by atoms with Gasteiger partial charge in [-0.05, 0) is 31.6 Å². The van der Waals surface area contributed by atoms with Gasteiger partial charge in [0, 0.05) is 34.6 Å². The van der Waals surface area contributed by atoms with Crippen molar-refractivity contribution >= 4 is 34.0 Å². The summed E-state index contributed by atoms with van der Waals surface area (Å²) in [6, 6.07) is 7.44. The van der Waals surface area contributed by atoms with E-state index in [1.54, 1.807) is 12.3 Å². The number of nitro groups is 1. The first kappa shape index (κ1) is 14.1. The lowest BCUT2D eigenvalue weighted by atomic mass is 10.1. The Labute approximate surface area is 127 Å². The molecule has 1 fully saturated rings. The molecule has 0 saturated heterocycles. The number of benzene rings is 1. The largest absolute Gasteiger partial charge is 0.382 e. The highest BCUT2D eigenvalue weighted by atomic mass is 32.2. The summed E-state index contributed by atoms with van der Waals surface area (Å²) in [5.74, 6) is 0. The van der Waals surface area contributed by atoms with E-state index in [2.05, 4.69) is 16.6 Å². The number of anilines is 1. The SMILES string of the molecule is CSC1CCC(Nc2ccnc3c([N+](=O)[O-])cccc23)C1. The zero-order valence-corrected chi connectivity index (χ0v) is 12.6. The van der Waals surface area contributed by atoms with Crippen LogP contribution >= 0.6 is 11.8 Å². The molecule has 0 aliphatic heterocycles. The number of rotatable bonds is 4. The van der Waals surface area contributed by atoms with Crippen LogP contribution in [0.5, 0.6) is 0 Å². The molecule has 3 rings (SSSR count). The first-order valence-electron chi connectivity index (χ1n) is 7.00. The second-order valence-electron chi connectivity index (χ2n) is 5.30. The molecule has 5 nitrogen and oxygen atoms in total. The Morgan fingerprint density at radius 3 is 2.95 bits per heavy atom. The van der Waals surface area contributed by atoms with Crippen molar-refractivity contribution in [1.29, 1.82) is 0 Å². The lowest BCUT2D eigenvalue weighted by Crippen LogP contribution is -2.16. The van der Waals surface area contributed by atoms with Crippen LogP contribution in [0.1, 0.15) is 19.3 Å². The molecule has 110 valence electrons. The van der Waals surface area contributed by atoms with Gasteiger partial charge in [0.25, 0.3) is 5.69 Å². The van der Waals surface area contributed by atoms with Crippen LogP contribution in [0.4, 0.5) is 11.4 Å². The fraction of sp³-hybridized carbons (Fsp3) is 0.400. The Hall–Kier alpha value is -1.82. The molecule has 1 aromatic carbocycles. The molecule has 0 amide bonds. The third kappa shape index (κ3) is 2.81. The number of nitrogens with zero attached hydrogens (tertiary/aromatic N) is 2. The average Bonchev–Trinajstić information content (AvgIpc) is 2.94. The van der Waals surface area contributed by atoms with E-state index in [1.165, 1.54) is 12.5 Å². The van der Waals surface area contributed by atoms with Crippen LogP contribution in [0.25, 0.3) is 10.9 Å². The van der Waals surface area contributed by atoms with Gasteiger partial charge < -0.3 is 5.32 Å². The van der Waals surface area contributed by atoms with Gasteiger partial charge in [0.2, 0.25) is 0 Å². The molecule has 1 saturated carbocycles. The number of non-ortho nitro benzene ring substituents is 1. The van der Waals surface area contributed by atoms with Gasteiger partial charge in [-0.25, -0.2) is 4.98 Å². The molecule has 2 atom stereocenters. The van der Waals surface area contributed by atoms with E-state index in [0.717, 1.165) is 23.9 Å². The minimum atomic E-state index is -0.377. The number of para-hydroxylation sites is 1. The van der Waals surface area contributed by atoms with Crippen LogP contribution in [0.3, 0.4) is 0 Å². The topological polar surface area (TPSA) is 68.1 Å². The number of pyridine rings is 1. The van der Waals surface area contributed by atoms with Gasteiger partial charge in [-0.2, -0.15) is 11.8 Å². The predicted octanol–water partition coefficient (Wildman–Crippen LogP) is 3.84. The van der Waals surface area contributed by atoms with Gasteiger partial charge in [0.15, 0.2) is 0 Å². The number of thioether (sulfide) groups is 1. The van der Waals surface area contributed by atoms with E-state index >= 15 is 0 Å². The lowest BCUT2D eigenvalue weighted by molar-refractivity contribution is -0.383. The maximum atomic E-state index is 11.1. The van der Waals surface area contributed by atoms with Crippen molar-refractivity contribution in [2.75, 3.05) is 11.6 Å². The van der Waals surface area contributed by atoms with Gasteiger partial charge in [0.05, 0.1) is 4.92 Å². The van der Waals surface area contributed by atoms with Crippen LogP contribution in [-0.2, 0) is 0 Å². The third-order valence-electron chi connectivity index (χ3n) is 4.02. The summed E-state index contributed by atoms with van der Waals surface area (Å²) in [6.45, 7) is 0. The first-order valence-corrected chi connectivity index (χ1v) is 8.29. The highest BCUT2D eigenvalue weighted by Crippen LogP contribution is 2.33. The highest BCUT2D eigenvalue weighted by Gasteiger charge is 2.24. The molecule has 1 heterocycles. The zero-order valence-electron chi connectivity index (χ0n) is 11.8. The van der Waals surface area contributed by atoms with Crippen molar-refractivity contribution in [3.8, 4) is 0 Å². The highest BCUT2D eigenvalue weighted by molar-refractivity contribution is 7.99. The smallest absolute Gasteiger partial charge is 0.295 e. The summed E-state index contributed by atoms with van der Waals surface area (Å²) in [5.41, 5.74) is 1.45. The van der Waals surface area contributed by atoms with Crippen LogP contribution in [-0.4, -0.2) is 27.5 Å². The van der Waals surface area contributed by atoms with Crippen molar-refractivity contribution in [1.82, 2.24) is 4.98 Å². The van der Waals surface area contributed by atoms with Gasteiger partial charge in [-0.1, -0.05) is 12.1 Å². The summed E-state index contributed by atoms with van der Waals surface area (Å²) >= 11 is 1.92. The molecule has 0 radical (unpaired) electrons. The van der Waals surface area contributed by atoms with E-state index in [-0.39, 0.29) is 10.6 Å². The maximum absolute atomic E-state index is 11.1. The van der Waals surface area contributed by atoms with Gasteiger partial charge >= 0.3 is 0 Å². The van der Waals surface area contributed by atoms with Crippen molar-refractivity contribution in [2.24, 2.45) is 0 Å². The molecule has 2 unspecified atom stereocenters. The van der Waals surface area contributed by atoms with Gasteiger partial charge in [0.1, 0.15) is 5.52 Å². The number of aromatic nitrogens is 1. The summed E-state index contributed by atoms with van der Waals surface area (Å²) in [5, 5.41) is 16.2. The number of fused-ring (bicyclic) bond motifs is 1. The van der Waals surface area contributed by atoms with E-state index in [4.69, 9.17) is 0 Å². The monoisotopic (exact) mass is 303 g/mol. The number of nitrogens with one attached hydrogen (secondary N) is 1. The lowest BCUT2D eigenvalue weighted by Gasteiger charge is -2.15. The fourth-order valence-electron chi connectivity index (χ4n) is 2.94. The standard InChI is InChI=1S/C15H17N3O2S/c1-21-11-6-5-10(9-11)17-13-7-8-16-15-12(13)3-2-4-14(15)18(19)20/h2-4,7-8,10-11H,5-6,9H2,1H3,(H,16,17). The Balaban J connectivity index is 1.93. The van der Waals surface area contributed by atoms with Gasteiger partial charge in [-0.15, -0.1) is 0 Å². The molecule has 6 heteroatoms. The Kier molecular flexibility index (Phi) is 3.96. The molecule has 21 heavy (non-hydrogen) atoms. The molecule has 1 aliphatic carbocycles. The third-order valence-corrected chi connectivity index (χ3v) is 5.12. The molecule has 1 N–H and O–H groups in total. The summed E-state index contributed by atoms with van der Waals surface area (Å²) in [6.07, 6.45) is 7.29. The quantitative estimate of drug-likeness (QED) is 0.686. The van der Waals surface area contributed by atoms with Crippen molar-refractivity contribution in [3.63, 3.8) is 0 Å². The fourth-order valence-corrected chi connectivity index (χ4v) is 3.74. The first-order chi connectivity index (χ1) is 10.2. The van der Waals surface area contributed by atoms with E-state index in [0.29, 0.717) is 16.8 Å².